The number of nitro groups is 2. The third-order valence-corrected chi connectivity index (χ3v) is 3.99. The Hall–Kier alpha value is -2.02. The Labute approximate surface area is 116 Å². The van der Waals surface area contributed by atoms with Crippen LogP contribution in [0.15, 0.2) is 18.2 Å². The van der Waals surface area contributed by atoms with Crippen molar-refractivity contribution in [2.24, 2.45) is 5.92 Å². The molecule has 108 valence electrons. The van der Waals surface area contributed by atoms with Gasteiger partial charge in [0.25, 0.3) is 11.4 Å². The summed E-state index contributed by atoms with van der Waals surface area (Å²) in [7, 11) is 1.90. The summed E-state index contributed by atoms with van der Waals surface area (Å²) >= 11 is 0. The highest BCUT2D eigenvalue weighted by Gasteiger charge is 2.29. The topological polar surface area (TPSA) is 98.3 Å². The summed E-state index contributed by atoms with van der Waals surface area (Å²) in [6.45, 7) is 0. The van der Waals surface area contributed by atoms with Crippen LogP contribution in [-0.4, -0.2) is 22.9 Å². The van der Waals surface area contributed by atoms with Crippen molar-refractivity contribution in [3.63, 3.8) is 0 Å². The van der Waals surface area contributed by atoms with Gasteiger partial charge in [0, 0.05) is 17.7 Å². The molecule has 1 aliphatic rings. The van der Waals surface area contributed by atoms with Gasteiger partial charge in [-0.25, -0.2) is 0 Å². The third kappa shape index (κ3) is 2.93. The zero-order chi connectivity index (χ0) is 14.7. The molecule has 0 amide bonds. The van der Waals surface area contributed by atoms with Crippen molar-refractivity contribution in [1.29, 1.82) is 0 Å². The summed E-state index contributed by atoms with van der Waals surface area (Å²) in [4.78, 5) is 20.6. The van der Waals surface area contributed by atoms with Gasteiger partial charge in [-0.05, 0) is 38.3 Å². The quantitative estimate of drug-likeness (QED) is 0.659. The molecule has 7 nitrogen and oxygen atoms in total. The molecule has 1 N–H and O–H groups in total. The van der Waals surface area contributed by atoms with Crippen molar-refractivity contribution >= 4 is 11.4 Å². The first kappa shape index (κ1) is 14.4. The Kier molecular flexibility index (Phi) is 4.29. The molecule has 0 bridgehead atoms. The molecule has 2 unspecified atom stereocenters. The van der Waals surface area contributed by atoms with E-state index in [-0.39, 0.29) is 11.4 Å². The molecule has 1 aromatic carbocycles. The fourth-order valence-electron chi connectivity index (χ4n) is 2.95. The van der Waals surface area contributed by atoms with Gasteiger partial charge in [0.15, 0.2) is 0 Å². The van der Waals surface area contributed by atoms with E-state index < -0.39 is 9.85 Å². The van der Waals surface area contributed by atoms with Gasteiger partial charge in [0.2, 0.25) is 0 Å². The predicted octanol–water partition coefficient (Wildman–Crippen LogP) is 2.43. The van der Waals surface area contributed by atoms with Crippen molar-refractivity contribution in [2.45, 2.75) is 31.7 Å². The Morgan fingerprint density at radius 2 is 2.00 bits per heavy atom. The molecule has 0 spiro atoms. The summed E-state index contributed by atoms with van der Waals surface area (Å²) < 4.78 is 0. The number of non-ortho nitro benzene ring substituents is 1. The number of benzene rings is 1. The highest BCUT2D eigenvalue weighted by atomic mass is 16.6. The molecule has 1 aromatic rings. The molecular formula is C13H17N3O4. The number of rotatable bonds is 5. The first-order valence-corrected chi connectivity index (χ1v) is 6.62. The van der Waals surface area contributed by atoms with Gasteiger partial charge in [-0.15, -0.1) is 0 Å². The van der Waals surface area contributed by atoms with E-state index in [4.69, 9.17) is 0 Å². The van der Waals surface area contributed by atoms with Crippen molar-refractivity contribution in [3.8, 4) is 0 Å². The second kappa shape index (κ2) is 5.96. The predicted molar refractivity (Wildman–Crippen MR) is 73.6 cm³/mol. The van der Waals surface area contributed by atoms with Crippen LogP contribution in [0.25, 0.3) is 0 Å². The van der Waals surface area contributed by atoms with Crippen LogP contribution < -0.4 is 5.32 Å². The van der Waals surface area contributed by atoms with Gasteiger partial charge in [0.1, 0.15) is 0 Å². The Morgan fingerprint density at radius 1 is 1.25 bits per heavy atom. The van der Waals surface area contributed by atoms with Gasteiger partial charge in [-0.2, -0.15) is 0 Å². The smallest absolute Gasteiger partial charge is 0.279 e. The van der Waals surface area contributed by atoms with E-state index in [1.807, 2.05) is 7.05 Å². The van der Waals surface area contributed by atoms with E-state index in [1.54, 1.807) is 0 Å². The van der Waals surface area contributed by atoms with Crippen LogP contribution in [0, 0.1) is 26.1 Å². The van der Waals surface area contributed by atoms with Crippen LogP contribution in [0.5, 0.6) is 0 Å². The summed E-state index contributed by atoms with van der Waals surface area (Å²) in [5.74, 6) is 0.347. The number of nitrogens with zero attached hydrogens (tertiary/aromatic N) is 2. The largest absolute Gasteiger partial charge is 0.317 e. The van der Waals surface area contributed by atoms with Gasteiger partial charge >= 0.3 is 0 Å². The van der Waals surface area contributed by atoms with E-state index in [2.05, 4.69) is 5.32 Å². The number of hydrogen-bond donors (Lipinski definition) is 1. The molecule has 0 aromatic heterocycles. The maximum absolute atomic E-state index is 11.1. The summed E-state index contributed by atoms with van der Waals surface area (Å²) in [6, 6.07) is 4.27. The fourth-order valence-corrected chi connectivity index (χ4v) is 2.95. The highest BCUT2D eigenvalue weighted by molar-refractivity contribution is 5.49. The van der Waals surface area contributed by atoms with Gasteiger partial charge in [0.05, 0.1) is 15.9 Å². The number of hydrogen-bond acceptors (Lipinski definition) is 5. The fraction of sp³-hybridized carbons (Fsp3) is 0.538. The molecular weight excluding hydrogens is 262 g/mol. The lowest BCUT2D eigenvalue weighted by molar-refractivity contribution is -0.394. The van der Waals surface area contributed by atoms with E-state index in [1.165, 1.54) is 12.1 Å². The Bertz CT molecular complexity index is 532. The molecule has 2 rings (SSSR count). The maximum atomic E-state index is 11.1. The molecule has 0 saturated heterocycles. The van der Waals surface area contributed by atoms with Crippen molar-refractivity contribution in [1.82, 2.24) is 5.32 Å². The minimum absolute atomic E-state index is 0.152. The normalized spacial score (nSPS) is 21.9. The molecule has 1 saturated carbocycles. The summed E-state index contributed by atoms with van der Waals surface area (Å²) in [5, 5.41) is 25.0. The maximum Gasteiger partial charge on any atom is 0.279 e. The molecule has 2 atom stereocenters. The average molecular weight is 279 g/mol. The molecule has 7 heteroatoms. The number of nitro benzene ring substituents is 2. The van der Waals surface area contributed by atoms with Crippen molar-refractivity contribution in [2.75, 3.05) is 7.05 Å². The van der Waals surface area contributed by atoms with Crippen LogP contribution >= 0.6 is 0 Å². The highest BCUT2D eigenvalue weighted by Crippen LogP contribution is 2.33. The van der Waals surface area contributed by atoms with E-state index in [0.29, 0.717) is 23.9 Å². The van der Waals surface area contributed by atoms with Gasteiger partial charge in [-0.3, -0.25) is 20.2 Å². The lowest BCUT2D eigenvalue weighted by Gasteiger charge is -2.18. The zero-order valence-electron chi connectivity index (χ0n) is 11.2. The number of nitrogens with one attached hydrogen (secondary N) is 1. The molecule has 0 aliphatic heterocycles. The summed E-state index contributed by atoms with van der Waals surface area (Å²) in [6.07, 6.45) is 3.79. The minimum atomic E-state index is -0.608. The zero-order valence-corrected chi connectivity index (χ0v) is 11.2. The van der Waals surface area contributed by atoms with Crippen LogP contribution in [0.1, 0.15) is 24.8 Å². The average Bonchev–Trinajstić information content (AvgIpc) is 2.85. The SMILES string of the molecule is CNC1CCCC1Cc1ccc([N+](=O)[O-])cc1[N+](=O)[O-]. The molecule has 20 heavy (non-hydrogen) atoms. The minimum Gasteiger partial charge on any atom is -0.317 e. The molecule has 0 radical (unpaired) electrons. The summed E-state index contributed by atoms with van der Waals surface area (Å²) in [5.41, 5.74) is 0.186. The van der Waals surface area contributed by atoms with E-state index >= 15 is 0 Å². The lowest BCUT2D eigenvalue weighted by Crippen LogP contribution is -2.30. The van der Waals surface area contributed by atoms with Crippen molar-refractivity contribution < 1.29 is 9.85 Å². The van der Waals surface area contributed by atoms with Crippen LogP contribution in [0.4, 0.5) is 11.4 Å². The monoisotopic (exact) mass is 279 g/mol. The molecule has 1 aliphatic carbocycles. The van der Waals surface area contributed by atoms with Crippen LogP contribution in [0.2, 0.25) is 0 Å². The lowest BCUT2D eigenvalue weighted by atomic mass is 9.93. The Balaban J connectivity index is 2.27. The molecule has 1 fully saturated rings. The standard InChI is InChI=1S/C13H17N3O4/c1-14-12-4-2-3-9(12)7-10-5-6-11(15(17)18)8-13(10)16(19)20/h5-6,8-9,12,14H,2-4,7H2,1H3. The van der Waals surface area contributed by atoms with Crippen molar-refractivity contribution in [3.05, 3.63) is 44.0 Å². The van der Waals surface area contributed by atoms with Crippen LogP contribution in [-0.2, 0) is 6.42 Å². The second-order valence-corrected chi connectivity index (χ2v) is 5.12. The third-order valence-electron chi connectivity index (χ3n) is 3.99. The van der Waals surface area contributed by atoms with E-state index in [0.717, 1.165) is 25.3 Å². The van der Waals surface area contributed by atoms with Gasteiger partial charge < -0.3 is 5.32 Å². The van der Waals surface area contributed by atoms with Crippen LogP contribution in [0.3, 0.4) is 0 Å². The molecule has 0 heterocycles. The first-order chi connectivity index (χ1) is 9.52. The van der Waals surface area contributed by atoms with E-state index in [9.17, 15) is 20.2 Å². The first-order valence-electron chi connectivity index (χ1n) is 6.62. The Morgan fingerprint density at radius 3 is 2.60 bits per heavy atom. The second-order valence-electron chi connectivity index (χ2n) is 5.12. The van der Waals surface area contributed by atoms with Gasteiger partial charge in [-0.1, -0.05) is 6.42 Å².